The summed E-state index contributed by atoms with van der Waals surface area (Å²) in [6.45, 7) is 2.03. The Morgan fingerprint density at radius 1 is 1.80 bits per heavy atom. The normalized spacial score (nSPS) is 15.4. The lowest BCUT2D eigenvalue weighted by molar-refractivity contribution is 0.662. The van der Waals surface area contributed by atoms with Crippen molar-refractivity contribution >= 4 is 28.2 Å². The van der Waals surface area contributed by atoms with Crippen LogP contribution >= 0.6 is 12.2 Å². The first-order valence-electron chi connectivity index (χ1n) is 3.11. The summed E-state index contributed by atoms with van der Waals surface area (Å²) in [6, 6.07) is 0. The van der Waals surface area contributed by atoms with Gasteiger partial charge in [-0.2, -0.15) is 0 Å². The quantitative estimate of drug-likeness (QED) is 0.482. The summed E-state index contributed by atoms with van der Waals surface area (Å²) >= 11 is 4.41. The van der Waals surface area contributed by atoms with Gasteiger partial charge < -0.3 is 0 Å². The summed E-state index contributed by atoms with van der Waals surface area (Å²) < 4.78 is 10.9. The van der Waals surface area contributed by atoms with Gasteiger partial charge in [-0.3, -0.25) is 4.21 Å². The molecule has 58 valence electrons. The predicted octanol–water partition coefficient (Wildman–Crippen LogP) is 1.59. The van der Waals surface area contributed by atoms with Crippen molar-refractivity contribution in [2.24, 2.45) is 4.99 Å². The number of nitrogens with zero attached hydrogens (tertiary/aromatic N) is 1. The molecule has 0 aromatic rings. The minimum absolute atomic E-state index is 0.137. The molecule has 0 N–H and O–H groups in total. The van der Waals surface area contributed by atoms with Crippen LogP contribution in [0.1, 0.15) is 19.8 Å². The van der Waals surface area contributed by atoms with Crippen LogP contribution in [0.15, 0.2) is 4.99 Å². The van der Waals surface area contributed by atoms with Gasteiger partial charge in [0.1, 0.15) is 5.37 Å². The molecule has 0 aromatic heterocycles. The highest BCUT2D eigenvalue weighted by Gasteiger charge is 2.07. The Hall–Kier alpha value is -0.0500. The Balaban J connectivity index is 3.97. The zero-order valence-electron chi connectivity index (χ0n) is 6.16. The summed E-state index contributed by atoms with van der Waals surface area (Å²) in [4.78, 5) is 3.78. The highest BCUT2D eigenvalue weighted by Crippen LogP contribution is 2.03. The highest BCUT2D eigenvalue weighted by molar-refractivity contribution is 7.85. The van der Waals surface area contributed by atoms with E-state index in [1.165, 1.54) is 0 Å². The molecule has 0 fully saturated rings. The average Bonchev–Trinajstić information content (AvgIpc) is 1.87. The largest absolute Gasteiger partial charge is 0.258 e. The molecule has 0 aliphatic rings. The molecule has 0 spiro atoms. The van der Waals surface area contributed by atoms with Crippen molar-refractivity contribution in [1.29, 1.82) is 0 Å². The lowest BCUT2D eigenvalue weighted by Crippen LogP contribution is -2.09. The molecule has 0 bridgehead atoms. The molecule has 0 aromatic carbocycles. The van der Waals surface area contributed by atoms with Crippen LogP contribution in [-0.2, 0) is 10.8 Å². The van der Waals surface area contributed by atoms with Gasteiger partial charge in [-0.25, -0.2) is 4.99 Å². The van der Waals surface area contributed by atoms with Gasteiger partial charge in [0, 0.05) is 17.1 Å². The van der Waals surface area contributed by atoms with Crippen molar-refractivity contribution in [3.8, 4) is 0 Å². The smallest absolute Gasteiger partial charge is 0.135 e. The molecule has 0 heterocycles. The molecular weight excluding hydrogens is 166 g/mol. The van der Waals surface area contributed by atoms with E-state index >= 15 is 0 Å². The molecule has 0 aliphatic carbocycles. The van der Waals surface area contributed by atoms with E-state index in [0.29, 0.717) is 0 Å². The SMILES string of the molecule is CCCC(N=C=S)[S@@](C)=O. The van der Waals surface area contributed by atoms with E-state index in [9.17, 15) is 4.21 Å². The van der Waals surface area contributed by atoms with E-state index in [4.69, 9.17) is 0 Å². The Morgan fingerprint density at radius 2 is 2.40 bits per heavy atom. The van der Waals surface area contributed by atoms with Crippen LogP contribution in [0.5, 0.6) is 0 Å². The first-order valence-corrected chi connectivity index (χ1v) is 5.14. The number of aliphatic imine (C=N–C) groups is 1. The van der Waals surface area contributed by atoms with Gasteiger partial charge in [0.25, 0.3) is 0 Å². The van der Waals surface area contributed by atoms with Gasteiger partial charge >= 0.3 is 0 Å². The molecule has 2 atom stereocenters. The first-order chi connectivity index (χ1) is 4.72. The molecule has 0 rings (SSSR count). The Bertz CT molecular complexity index is 161. The molecule has 0 saturated heterocycles. The maximum atomic E-state index is 10.9. The second kappa shape index (κ2) is 5.71. The maximum absolute atomic E-state index is 10.9. The van der Waals surface area contributed by atoms with Crippen LogP contribution in [-0.4, -0.2) is 21.0 Å². The lowest BCUT2D eigenvalue weighted by atomic mass is 10.3. The third kappa shape index (κ3) is 3.88. The third-order valence-electron chi connectivity index (χ3n) is 1.12. The van der Waals surface area contributed by atoms with Crippen molar-refractivity contribution in [1.82, 2.24) is 0 Å². The van der Waals surface area contributed by atoms with E-state index in [-0.39, 0.29) is 5.37 Å². The molecule has 1 unspecified atom stereocenters. The van der Waals surface area contributed by atoms with E-state index in [1.807, 2.05) is 6.92 Å². The van der Waals surface area contributed by atoms with E-state index in [2.05, 4.69) is 22.4 Å². The summed E-state index contributed by atoms with van der Waals surface area (Å²) in [5, 5.41) is 2.11. The zero-order valence-corrected chi connectivity index (χ0v) is 7.80. The summed E-state index contributed by atoms with van der Waals surface area (Å²) in [5.74, 6) is 0. The third-order valence-corrected chi connectivity index (χ3v) is 2.33. The van der Waals surface area contributed by atoms with E-state index < -0.39 is 10.8 Å². The maximum Gasteiger partial charge on any atom is 0.135 e. The number of hydrogen-bond donors (Lipinski definition) is 0. The molecule has 10 heavy (non-hydrogen) atoms. The number of hydrogen-bond acceptors (Lipinski definition) is 3. The van der Waals surface area contributed by atoms with Gasteiger partial charge in [-0.05, 0) is 18.6 Å². The molecule has 0 radical (unpaired) electrons. The van der Waals surface area contributed by atoms with E-state index in [1.54, 1.807) is 6.26 Å². The molecule has 0 saturated carbocycles. The molecule has 4 heteroatoms. The average molecular weight is 177 g/mol. The zero-order chi connectivity index (χ0) is 7.98. The van der Waals surface area contributed by atoms with Crippen molar-refractivity contribution in [2.45, 2.75) is 25.1 Å². The lowest BCUT2D eigenvalue weighted by Gasteiger charge is -2.03. The predicted molar refractivity (Wildman–Crippen MR) is 47.8 cm³/mol. The van der Waals surface area contributed by atoms with Crippen molar-refractivity contribution in [3.63, 3.8) is 0 Å². The Kier molecular flexibility index (Phi) is 5.69. The Labute approximate surface area is 69.2 Å². The molecular formula is C6H11NOS2. The van der Waals surface area contributed by atoms with E-state index in [0.717, 1.165) is 12.8 Å². The van der Waals surface area contributed by atoms with Crippen LogP contribution in [0.2, 0.25) is 0 Å². The number of isothiocyanates is 1. The highest BCUT2D eigenvalue weighted by atomic mass is 32.2. The monoisotopic (exact) mass is 177 g/mol. The van der Waals surface area contributed by atoms with Crippen LogP contribution < -0.4 is 0 Å². The summed E-state index contributed by atoms with van der Waals surface area (Å²) in [5.41, 5.74) is 0. The topological polar surface area (TPSA) is 29.4 Å². The first kappa shape index (κ1) is 9.95. The standard InChI is InChI=1S/C6H11NOS2/c1-3-4-6(7-5-9)10(2)8/h6H,3-4H2,1-2H3/t6?,10-/m1/s1. The number of rotatable bonds is 4. The van der Waals surface area contributed by atoms with Gasteiger partial charge in [-0.15, -0.1) is 0 Å². The second-order valence-electron chi connectivity index (χ2n) is 1.96. The van der Waals surface area contributed by atoms with Crippen molar-refractivity contribution in [3.05, 3.63) is 0 Å². The fourth-order valence-electron chi connectivity index (χ4n) is 0.610. The van der Waals surface area contributed by atoms with Crippen LogP contribution in [0.25, 0.3) is 0 Å². The van der Waals surface area contributed by atoms with Crippen LogP contribution in [0.3, 0.4) is 0 Å². The van der Waals surface area contributed by atoms with Gasteiger partial charge in [0.2, 0.25) is 0 Å². The molecule has 0 amide bonds. The van der Waals surface area contributed by atoms with Crippen molar-refractivity contribution < 1.29 is 4.21 Å². The molecule has 0 aliphatic heterocycles. The minimum Gasteiger partial charge on any atom is -0.258 e. The second-order valence-corrected chi connectivity index (χ2v) is 3.69. The van der Waals surface area contributed by atoms with Gasteiger partial charge in [0.15, 0.2) is 0 Å². The van der Waals surface area contributed by atoms with Crippen LogP contribution in [0, 0.1) is 0 Å². The molecule has 2 nitrogen and oxygen atoms in total. The van der Waals surface area contributed by atoms with Gasteiger partial charge in [0.05, 0.1) is 5.16 Å². The Morgan fingerprint density at radius 3 is 2.70 bits per heavy atom. The number of thiocarbonyl (C=S) groups is 1. The summed E-state index contributed by atoms with van der Waals surface area (Å²) in [6.07, 6.45) is 3.44. The summed E-state index contributed by atoms with van der Waals surface area (Å²) in [7, 11) is -0.899. The fraction of sp³-hybridized carbons (Fsp3) is 0.833. The van der Waals surface area contributed by atoms with Gasteiger partial charge in [-0.1, -0.05) is 13.3 Å². The van der Waals surface area contributed by atoms with Crippen LogP contribution in [0.4, 0.5) is 0 Å². The van der Waals surface area contributed by atoms with Crippen molar-refractivity contribution in [2.75, 3.05) is 6.26 Å². The minimum atomic E-state index is -0.899. The fourth-order valence-corrected chi connectivity index (χ4v) is 1.57.